The number of allylic oxidation sites excluding steroid dienone is 7. The molecule has 4 atom stereocenters. The van der Waals surface area contributed by atoms with Gasteiger partial charge in [-0.3, -0.25) is 4.99 Å². The molecule has 0 saturated heterocycles. The first-order valence-electron chi connectivity index (χ1n) is 17.2. The zero-order valence-corrected chi connectivity index (χ0v) is 28.4. The van der Waals surface area contributed by atoms with E-state index >= 15 is 0 Å². The number of rotatable bonds is 5. The summed E-state index contributed by atoms with van der Waals surface area (Å²) >= 11 is 1.96. The van der Waals surface area contributed by atoms with Gasteiger partial charge >= 0.3 is 0 Å². The smallest absolute Gasteiger partial charge is 0.161 e. The Labute approximate surface area is 298 Å². The fraction of sp³-hybridized carbons (Fsp3) is 0.109. The second-order valence-corrected chi connectivity index (χ2v) is 14.4. The number of benzene rings is 5. The summed E-state index contributed by atoms with van der Waals surface area (Å²) in [5.41, 5.74) is 12.6. The van der Waals surface area contributed by atoms with Gasteiger partial charge in [0.15, 0.2) is 11.7 Å². The molecule has 50 heavy (non-hydrogen) atoms. The van der Waals surface area contributed by atoms with Crippen molar-refractivity contribution >= 4 is 35.7 Å². The molecule has 0 N–H and O–H groups in total. The van der Waals surface area contributed by atoms with Crippen molar-refractivity contribution < 1.29 is 0 Å². The van der Waals surface area contributed by atoms with Crippen LogP contribution < -0.4 is 0 Å². The van der Waals surface area contributed by atoms with Gasteiger partial charge < -0.3 is 0 Å². The normalized spacial score (nSPS) is 21.4. The molecule has 240 valence electrons. The third-order valence-electron chi connectivity index (χ3n) is 10.2. The Balaban J connectivity index is 0.984. The minimum Gasteiger partial charge on any atom is -0.261 e. The molecule has 5 aromatic rings. The number of amidine groups is 2. The van der Waals surface area contributed by atoms with Gasteiger partial charge in [-0.05, 0) is 63.4 Å². The van der Waals surface area contributed by atoms with Crippen molar-refractivity contribution in [1.29, 1.82) is 0 Å². The van der Waals surface area contributed by atoms with Gasteiger partial charge in [0, 0.05) is 39.0 Å². The average Bonchev–Trinajstić information content (AvgIpc) is 3.56. The molecule has 0 radical (unpaired) electrons. The Hall–Kier alpha value is -5.58. The third kappa shape index (κ3) is 5.56. The van der Waals surface area contributed by atoms with Crippen molar-refractivity contribution in [2.75, 3.05) is 0 Å². The molecule has 1 heterocycles. The van der Waals surface area contributed by atoms with Gasteiger partial charge in [-0.2, -0.15) is 0 Å². The predicted octanol–water partition coefficient (Wildman–Crippen LogP) is 11.0. The maximum absolute atomic E-state index is 5.02. The second kappa shape index (κ2) is 13.0. The molecule has 3 nitrogen and oxygen atoms in total. The predicted molar refractivity (Wildman–Crippen MR) is 211 cm³/mol. The van der Waals surface area contributed by atoms with Crippen LogP contribution in [0.2, 0.25) is 0 Å². The number of thioether (sulfide) groups is 1. The molecule has 0 aromatic heterocycles. The molecule has 4 aliphatic rings. The van der Waals surface area contributed by atoms with Crippen molar-refractivity contribution in [2.45, 2.75) is 34.4 Å². The van der Waals surface area contributed by atoms with Crippen LogP contribution >= 0.6 is 11.8 Å². The van der Waals surface area contributed by atoms with E-state index in [0.717, 1.165) is 16.7 Å². The molecule has 0 spiro atoms. The molecule has 0 bridgehead atoms. The standard InChI is InChI=1S/C46H35N3S/c1-47-45(31-12-4-2-5-13-31)49-46(32-14-6-3-7-15-32)48-29-30-20-23-40-41-25-22-34(28-44(41)50-43(40)26-30)33-21-24-39-37-18-9-8-16-35(37)36-17-10-11-19-38(36)42(39)27-33/h2-28,35,37,41,44H,1,29H2/b48-46-,49-45-. The molecule has 3 aliphatic carbocycles. The lowest BCUT2D eigenvalue weighted by atomic mass is 9.69. The van der Waals surface area contributed by atoms with Gasteiger partial charge in [0.2, 0.25) is 0 Å². The zero-order valence-electron chi connectivity index (χ0n) is 27.6. The topological polar surface area (TPSA) is 37.1 Å². The monoisotopic (exact) mass is 661 g/mol. The number of aliphatic imine (C=N–C) groups is 3. The number of hydrogen-bond donors (Lipinski definition) is 0. The van der Waals surface area contributed by atoms with E-state index in [-0.39, 0.29) is 0 Å². The van der Waals surface area contributed by atoms with Crippen LogP contribution in [-0.2, 0) is 6.54 Å². The van der Waals surface area contributed by atoms with Crippen molar-refractivity contribution in [2.24, 2.45) is 15.0 Å². The Kier molecular flexibility index (Phi) is 7.95. The van der Waals surface area contributed by atoms with Gasteiger partial charge in [-0.15, -0.1) is 11.8 Å². The van der Waals surface area contributed by atoms with Crippen molar-refractivity contribution in [3.63, 3.8) is 0 Å². The van der Waals surface area contributed by atoms with Gasteiger partial charge in [-0.25, -0.2) is 9.98 Å². The quantitative estimate of drug-likeness (QED) is 0.136. The van der Waals surface area contributed by atoms with Crippen LogP contribution in [0.5, 0.6) is 0 Å². The van der Waals surface area contributed by atoms with Crippen LogP contribution in [0.3, 0.4) is 0 Å². The highest BCUT2D eigenvalue weighted by molar-refractivity contribution is 8.00. The molecular formula is C46H35N3S. The van der Waals surface area contributed by atoms with E-state index in [4.69, 9.17) is 9.98 Å². The highest BCUT2D eigenvalue weighted by atomic mass is 32.2. The maximum atomic E-state index is 5.02. The SMILES string of the molecule is C=N/C(=N\C(=N/Cc1ccc2c(c1)SC1C=C(c3ccc4c(c3)-c3ccccc3C3C=CC=CC43)C=CC21)c1ccccc1)c1ccccc1. The lowest BCUT2D eigenvalue weighted by Gasteiger charge is -2.34. The van der Waals surface area contributed by atoms with Crippen LogP contribution in [0.4, 0.5) is 0 Å². The molecule has 5 aromatic carbocycles. The van der Waals surface area contributed by atoms with Gasteiger partial charge in [0.25, 0.3) is 0 Å². The molecule has 0 amide bonds. The third-order valence-corrected chi connectivity index (χ3v) is 11.5. The van der Waals surface area contributed by atoms with Crippen LogP contribution in [0.15, 0.2) is 184 Å². The molecule has 0 fully saturated rings. The van der Waals surface area contributed by atoms with E-state index in [9.17, 15) is 0 Å². The van der Waals surface area contributed by atoms with Gasteiger partial charge in [0.05, 0.1) is 6.54 Å². The molecule has 4 unspecified atom stereocenters. The Morgan fingerprint density at radius 1 is 0.620 bits per heavy atom. The summed E-state index contributed by atoms with van der Waals surface area (Å²) < 4.78 is 0. The van der Waals surface area contributed by atoms with E-state index in [1.54, 1.807) is 0 Å². The van der Waals surface area contributed by atoms with Crippen molar-refractivity contribution in [3.8, 4) is 11.1 Å². The van der Waals surface area contributed by atoms with Crippen LogP contribution in [0.1, 0.15) is 56.7 Å². The minimum atomic E-state index is 0.361. The van der Waals surface area contributed by atoms with E-state index in [0.29, 0.717) is 41.2 Å². The zero-order chi connectivity index (χ0) is 33.4. The molecule has 0 saturated carbocycles. The fourth-order valence-corrected chi connectivity index (χ4v) is 9.20. The summed E-state index contributed by atoms with van der Waals surface area (Å²) in [5.74, 6) is 2.37. The Morgan fingerprint density at radius 2 is 1.30 bits per heavy atom. The summed E-state index contributed by atoms with van der Waals surface area (Å²) in [4.78, 5) is 15.5. The van der Waals surface area contributed by atoms with E-state index in [1.165, 1.54) is 43.8 Å². The lowest BCUT2D eigenvalue weighted by molar-refractivity contribution is 0.720. The van der Waals surface area contributed by atoms with Crippen LogP contribution in [-0.4, -0.2) is 23.6 Å². The number of hydrogen-bond acceptors (Lipinski definition) is 2. The van der Waals surface area contributed by atoms with Crippen LogP contribution in [0, 0.1) is 0 Å². The maximum Gasteiger partial charge on any atom is 0.161 e. The number of nitrogens with zero attached hydrogens (tertiary/aromatic N) is 3. The van der Waals surface area contributed by atoms with Crippen LogP contribution in [0.25, 0.3) is 16.7 Å². The molecule has 9 rings (SSSR count). The summed E-state index contributed by atoms with van der Waals surface area (Å²) in [6.45, 7) is 4.32. The minimum absolute atomic E-state index is 0.361. The second-order valence-electron chi connectivity index (χ2n) is 13.1. The molecule has 1 aliphatic heterocycles. The lowest BCUT2D eigenvalue weighted by Crippen LogP contribution is -2.16. The fourth-order valence-electron chi connectivity index (χ4n) is 7.75. The van der Waals surface area contributed by atoms with Gasteiger partial charge in [0.1, 0.15) is 0 Å². The summed E-state index contributed by atoms with van der Waals surface area (Å²) in [5, 5.41) is 0.361. The molecule has 4 heteroatoms. The van der Waals surface area contributed by atoms with E-state index < -0.39 is 0 Å². The van der Waals surface area contributed by atoms with Crippen molar-refractivity contribution in [1.82, 2.24) is 0 Å². The van der Waals surface area contributed by atoms with Crippen molar-refractivity contribution in [3.05, 3.63) is 203 Å². The largest absolute Gasteiger partial charge is 0.261 e. The first-order chi connectivity index (χ1) is 24.7. The Bertz CT molecular complexity index is 2310. The summed E-state index contributed by atoms with van der Waals surface area (Å²) in [6.07, 6.45) is 16.3. The summed E-state index contributed by atoms with van der Waals surface area (Å²) in [6, 6.07) is 42.9. The highest BCUT2D eigenvalue weighted by Crippen LogP contribution is 2.52. The first-order valence-corrected chi connectivity index (χ1v) is 18.1. The Morgan fingerprint density at radius 3 is 2.06 bits per heavy atom. The van der Waals surface area contributed by atoms with E-state index in [2.05, 4.69) is 115 Å². The summed E-state index contributed by atoms with van der Waals surface area (Å²) in [7, 11) is 0. The molecular weight excluding hydrogens is 627 g/mol. The van der Waals surface area contributed by atoms with Gasteiger partial charge in [-0.1, -0.05) is 152 Å². The number of fused-ring (bicyclic) bond motifs is 9. The average molecular weight is 662 g/mol. The highest BCUT2D eigenvalue weighted by Gasteiger charge is 2.34. The first kappa shape index (κ1) is 30.5. The van der Waals surface area contributed by atoms with E-state index in [1.807, 2.05) is 72.4 Å².